The molecule has 0 amide bonds. The number of unbranched alkanes of at least 4 members (excludes halogenated alkanes) is 6. The van der Waals surface area contributed by atoms with Gasteiger partial charge in [-0.2, -0.15) is 0 Å². The van der Waals surface area contributed by atoms with E-state index in [4.69, 9.17) is 0 Å². The molecule has 0 aliphatic heterocycles. The largest absolute Gasteiger partial charge is 0.129 e. The summed E-state index contributed by atoms with van der Waals surface area (Å²) in [5.41, 5.74) is 2.72. The Kier molecular flexibility index (Phi) is 10.6. The molecule has 0 aliphatic rings. The Balaban J connectivity index is 3.03. The molecule has 0 spiro atoms. The summed E-state index contributed by atoms with van der Waals surface area (Å²) < 4.78 is 0. The van der Waals surface area contributed by atoms with E-state index in [1.807, 2.05) is 12.2 Å². The Hall–Kier alpha value is -0.740. The molecule has 0 radical (unpaired) electrons. The van der Waals surface area contributed by atoms with Crippen LogP contribution in [0.3, 0.4) is 0 Å². The fraction of sp³-hybridized carbons (Fsp3) is 0.615. The molecule has 13 heavy (non-hydrogen) atoms. The minimum atomic E-state index is 1.20. The zero-order valence-corrected chi connectivity index (χ0v) is 8.89. The van der Waals surface area contributed by atoms with E-state index in [2.05, 4.69) is 25.3 Å². The van der Waals surface area contributed by atoms with Gasteiger partial charge in [-0.25, -0.2) is 0 Å². The Morgan fingerprint density at radius 2 is 1.77 bits per heavy atom. The summed E-state index contributed by atoms with van der Waals surface area (Å²) in [6, 6.07) is 0. The number of hydrogen-bond acceptors (Lipinski definition) is 0. The molecule has 0 saturated heterocycles. The van der Waals surface area contributed by atoms with Gasteiger partial charge in [-0.3, -0.25) is 0 Å². The predicted molar refractivity (Wildman–Crippen MR) is 60.8 cm³/mol. The molecule has 0 heterocycles. The second kappa shape index (κ2) is 11.3. The zero-order chi connectivity index (χ0) is 9.78. The fourth-order valence-electron chi connectivity index (χ4n) is 1.27. The maximum atomic E-state index is 3.50. The Morgan fingerprint density at radius 3 is 2.46 bits per heavy atom. The molecule has 0 atom stereocenters. The van der Waals surface area contributed by atoms with Gasteiger partial charge in [-0.15, -0.1) is 5.73 Å². The molecule has 0 bridgehead atoms. The number of allylic oxidation sites excluding steroid dienone is 3. The maximum absolute atomic E-state index is 3.50. The molecule has 0 fully saturated rings. The van der Waals surface area contributed by atoms with Crippen molar-refractivity contribution in [1.82, 2.24) is 0 Å². The molecule has 0 aliphatic carbocycles. The molecule has 0 nitrogen and oxygen atoms in total. The van der Waals surface area contributed by atoms with Crippen LogP contribution in [0.1, 0.15) is 51.9 Å². The SMILES string of the molecule is C=C=CC=CCCCCCCCC. The van der Waals surface area contributed by atoms with Crippen LogP contribution in [-0.4, -0.2) is 0 Å². The van der Waals surface area contributed by atoms with E-state index < -0.39 is 0 Å². The average Bonchev–Trinajstić information content (AvgIpc) is 2.16. The molecule has 0 aromatic carbocycles. The second-order valence-corrected chi connectivity index (χ2v) is 3.36. The first-order valence-electron chi connectivity index (χ1n) is 5.42. The first-order valence-corrected chi connectivity index (χ1v) is 5.42. The Morgan fingerprint density at radius 1 is 1.08 bits per heavy atom. The van der Waals surface area contributed by atoms with E-state index in [0.717, 1.165) is 0 Å². The highest BCUT2D eigenvalue weighted by Gasteiger charge is 1.87. The molecule has 0 aromatic rings. The van der Waals surface area contributed by atoms with Crippen LogP contribution in [0.15, 0.2) is 30.5 Å². The lowest BCUT2D eigenvalue weighted by atomic mass is 10.1. The minimum Gasteiger partial charge on any atom is -0.129 e. The van der Waals surface area contributed by atoms with Crippen LogP contribution in [-0.2, 0) is 0 Å². The highest BCUT2D eigenvalue weighted by Crippen LogP contribution is 2.06. The second-order valence-electron chi connectivity index (χ2n) is 3.36. The van der Waals surface area contributed by atoms with E-state index in [0.29, 0.717) is 0 Å². The molecular formula is C13H22. The Bertz CT molecular complexity index is 159. The van der Waals surface area contributed by atoms with E-state index in [-0.39, 0.29) is 0 Å². The van der Waals surface area contributed by atoms with Crippen molar-refractivity contribution in [2.45, 2.75) is 51.9 Å². The van der Waals surface area contributed by atoms with Crippen LogP contribution in [0.25, 0.3) is 0 Å². The number of rotatable bonds is 8. The van der Waals surface area contributed by atoms with Gasteiger partial charge in [0.25, 0.3) is 0 Å². The van der Waals surface area contributed by atoms with Crippen molar-refractivity contribution < 1.29 is 0 Å². The molecule has 0 heteroatoms. The van der Waals surface area contributed by atoms with Crippen molar-refractivity contribution in [2.75, 3.05) is 0 Å². The van der Waals surface area contributed by atoms with Gasteiger partial charge in [-0.1, -0.05) is 57.8 Å². The summed E-state index contributed by atoms with van der Waals surface area (Å²) in [6.07, 6.45) is 15.5. The molecule has 0 saturated carbocycles. The van der Waals surface area contributed by atoms with Gasteiger partial charge in [0.1, 0.15) is 0 Å². The predicted octanol–water partition coefficient (Wildman–Crippen LogP) is 4.63. The lowest BCUT2D eigenvalue weighted by Gasteiger charge is -1.96. The minimum absolute atomic E-state index is 1.20. The van der Waals surface area contributed by atoms with Gasteiger partial charge in [0.2, 0.25) is 0 Å². The van der Waals surface area contributed by atoms with Crippen molar-refractivity contribution in [1.29, 1.82) is 0 Å². The van der Waals surface area contributed by atoms with Crippen molar-refractivity contribution in [3.05, 3.63) is 30.5 Å². The summed E-state index contributed by atoms with van der Waals surface area (Å²) in [6.45, 7) is 5.75. The topological polar surface area (TPSA) is 0 Å². The van der Waals surface area contributed by atoms with Crippen LogP contribution in [0.4, 0.5) is 0 Å². The zero-order valence-electron chi connectivity index (χ0n) is 8.89. The third kappa shape index (κ3) is 11.3. The van der Waals surface area contributed by atoms with Crippen LogP contribution in [0, 0.1) is 0 Å². The van der Waals surface area contributed by atoms with E-state index >= 15 is 0 Å². The first kappa shape index (κ1) is 12.3. The summed E-state index contributed by atoms with van der Waals surface area (Å²) >= 11 is 0. The van der Waals surface area contributed by atoms with Gasteiger partial charge in [0.15, 0.2) is 0 Å². The standard InChI is InChI=1S/C13H22/c1-3-5-7-9-11-13-12-10-8-6-4-2/h5,7,9H,1,4,6,8,10-13H2,2H3. The lowest BCUT2D eigenvalue weighted by Crippen LogP contribution is -1.77. The van der Waals surface area contributed by atoms with Crippen LogP contribution < -0.4 is 0 Å². The van der Waals surface area contributed by atoms with Gasteiger partial charge in [-0.05, 0) is 18.9 Å². The molecule has 0 N–H and O–H groups in total. The van der Waals surface area contributed by atoms with Crippen molar-refractivity contribution in [2.24, 2.45) is 0 Å². The number of hydrogen-bond donors (Lipinski definition) is 0. The summed E-state index contributed by atoms with van der Waals surface area (Å²) in [7, 11) is 0. The van der Waals surface area contributed by atoms with Crippen molar-refractivity contribution >= 4 is 0 Å². The van der Waals surface area contributed by atoms with Crippen LogP contribution in [0.2, 0.25) is 0 Å². The molecular weight excluding hydrogens is 156 g/mol. The lowest BCUT2D eigenvalue weighted by molar-refractivity contribution is 0.611. The van der Waals surface area contributed by atoms with Gasteiger partial charge in [0, 0.05) is 0 Å². The molecule has 0 unspecified atom stereocenters. The van der Waals surface area contributed by atoms with Gasteiger partial charge >= 0.3 is 0 Å². The Labute approximate surface area is 83.0 Å². The highest BCUT2D eigenvalue weighted by atomic mass is 13.9. The molecule has 74 valence electrons. The summed E-state index contributed by atoms with van der Waals surface area (Å²) in [4.78, 5) is 0. The third-order valence-corrected chi connectivity index (χ3v) is 2.07. The molecule has 0 rings (SSSR count). The van der Waals surface area contributed by atoms with Gasteiger partial charge < -0.3 is 0 Å². The van der Waals surface area contributed by atoms with Gasteiger partial charge in [0.05, 0.1) is 0 Å². The average molecular weight is 178 g/mol. The molecule has 0 aromatic heterocycles. The third-order valence-electron chi connectivity index (χ3n) is 2.07. The summed E-state index contributed by atoms with van der Waals surface area (Å²) in [5, 5.41) is 0. The normalized spacial score (nSPS) is 10.2. The highest BCUT2D eigenvalue weighted by molar-refractivity contribution is 4.99. The first-order chi connectivity index (χ1) is 6.41. The smallest absolute Gasteiger partial charge is 0.0209 e. The fourth-order valence-corrected chi connectivity index (χ4v) is 1.27. The van der Waals surface area contributed by atoms with E-state index in [9.17, 15) is 0 Å². The van der Waals surface area contributed by atoms with E-state index in [1.165, 1.54) is 44.9 Å². The monoisotopic (exact) mass is 178 g/mol. The van der Waals surface area contributed by atoms with Crippen LogP contribution in [0.5, 0.6) is 0 Å². The van der Waals surface area contributed by atoms with E-state index in [1.54, 1.807) is 0 Å². The van der Waals surface area contributed by atoms with Crippen LogP contribution >= 0.6 is 0 Å². The van der Waals surface area contributed by atoms with Crippen molar-refractivity contribution in [3.63, 3.8) is 0 Å². The quantitative estimate of drug-likeness (QED) is 0.289. The van der Waals surface area contributed by atoms with Crippen molar-refractivity contribution in [3.8, 4) is 0 Å². The summed E-state index contributed by atoms with van der Waals surface area (Å²) in [5.74, 6) is 0. The maximum Gasteiger partial charge on any atom is -0.0209 e.